The Balaban J connectivity index is 0.00000289. The zero-order valence-electron chi connectivity index (χ0n) is 10.5. The van der Waals surface area contributed by atoms with Gasteiger partial charge in [-0.1, -0.05) is 0 Å². The van der Waals surface area contributed by atoms with Gasteiger partial charge in [0.2, 0.25) is 0 Å². The van der Waals surface area contributed by atoms with Gasteiger partial charge in [-0.2, -0.15) is 0 Å². The van der Waals surface area contributed by atoms with Crippen molar-refractivity contribution >= 4 is 57.2 Å². The topological polar surface area (TPSA) is 45.7 Å². The summed E-state index contributed by atoms with van der Waals surface area (Å²) in [5.74, 6) is 0.828. The van der Waals surface area contributed by atoms with Crippen LogP contribution in [0, 0.1) is 0 Å². The Morgan fingerprint density at radius 3 is 2.78 bits per heavy atom. The smallest absolute Gasteiger partial charge is 0.191 e. The van der Waals surface area contributed by atoms with Crippen molar-refractivity contribution in [2.45, 2.75) is 13.5 Å². The first-order chi connectivity index (χ1) is 8.26. The number of nitrogens with one attached hydrogen (secondary N) is 2. The average Bonchev–Trinajstić information content (AvgIpc) is 2.72. The van der Waals surface area contributed by atoms with Crippen LogP contribution < -0.4 is 10.6 Å². The third kappa shape index (κ3) is 7.55. The van der Waals surface area contributed by atoms with E-state index in [2.05, 4.69) is 44.5 Å². The summed E-state index contributed by atoms with van der Waals surface area (Å²) in [7, 11) is 1.69. The average molecular weight is 448 g/mol. The zero-order valence-corrected chi connectivity index (χ0v) is 15.3. The number of guanidine groups is 1. The molecule has 0 saturated heterocycles. The maximum Gasteiger partial charge on any atom is 0.191 e. The fraction of sp³-hybridized carbons (Fsp3) is 0.545. The molecule has 0 spiro atoms. The Morgan fingerprint density at radius 2 is 2.22 bits per heavy atom. The maximum atomic E-state index is 4.99. The normalized spacial score (nSPS) is 10.9. The fourth-order valence-electron chi connectivity index (χ4n) is 1.21. The largest absolute Gasteiger partial charge is 0.383 e. The van der Waals surface area contributed by atoms with Gasteiger partial charge in [0.25, 0.3) is 0 Å². The van der Waals surface area contributed by atoms with Crippen LogP contribution in [0.4, 0.5) is 0 Å². The van der Waals surface area contributed by atoms with Crippen LogP contribution in [-0.4, -0.2) is 32.8 Å². The van der Waals surface area contributed by atoms with Crippen molar-refractivity contribution in [2.75, 3.05) is 26.8 Å². The Hall–Kier alpha value is 0.140. The molecule has 4 nitrogen and oxygen atoms in total. The number of thiophene rings is 1. The van der Waals surface area contributed by atoms with Crippen LogP contribution in [0.5, 0.6) is 0 Å². The molecule has 1 rings (SSSR count). The lowest BCUT2D eigenvalue weighted by atomic mass is 10.5. The molecule has 0 aromatic carbocycles. The molecular formula is C11H19BrIN3OS. The van der Waals surface area contributed by atoms with Gasteiger partial charge >= 0.3 is 0 Å². The van der Waals surface area contributed by atoms with E-state index in [4.69, 9.17) is 4.74 Å². The highest BCUT2D eigenvalue weighted by Gasteiger charge is 1.99. The summed E-state index contributed by atoms with van der Waals surface area (Å²) >= 11 is 5.15. The second kappa shape index (κ2) is 11.0. The summed E-state index contributed by atoms with van der Waals surface area (Å²) in [5, 5.41) is 6.40. The molecule has 0 unspecified atom stereocenters. The Morgan fingerprint density at radius 1 is 1.44 bits per heavy atom. The van der Waals surface area contributed by atoms with Gasteiger partial charge in [-0.15, -0.1) is 35.3 Å². The number of hydrogen-bond acceptors (Lipinski definition) is 3. The van der Waals surface area contributed by atoms with Crippen molar-refractivity contribution in [1.29, 1.82) is 0 Å². The van der Waals surface area contributed by atoms with Crippen LogP contribution >= 0.6 is 51.2 Å². The van der Waals surface area contributed by atoms with Crippen LogP contribution in [0.1, 0.15) is 11.8 Å². The van der Waals surface area contributed by atoms with Crippen LogP contribution in [0.3, 0.4) is 0 Å². The molecule has 0 aliphatic rings. The second-order valence-electron chi connectivity index (χ2n) is 3.32. The van der Waals surface area contributed by atoms with Crippen molar-refractivity contribution < 1.29 is 4.74 Å². The lowest BCUT2D eigenvalue weighted by molar-refractivity contribution is 0.203. The molecule has 0 amide bonds. The molecule has 0 radical (unpaired) electrons. The third-order valence-electron chi connectivity index (χ3n) is 1.96. The monoisotopic (exact) mass is 447 g/mol. The SMILES string of the molecule is CCNC(=NCc1ccc(Br)s1)NCCOC.I. The van der Waals surface area contributed by atoms with E-state index in [0.717, 1.165) is 22.8 Å². The predicted molar refractivity (Wildman–Crippen MR) is 92.1 cm³/mol. The second-order valence-corrected chi connectivity index (χ2v) is 5.87. The van der Waals surface area contributed by atoms with Crippen molar-refractivity contribution in [1.82, 2.24) is 10.6 Å². The number of methoxy groups -OCH3 is 1. The van der Waals surface area contributed by atoms with Gasteiger partial charge in [-0.3, -0.25) is 0 Å². The Bertz CT molecular complexity index is 360. The van der Waals surface area contributed by atoms with Crippen molar-refractivity contribution in [3.05, 3.63) is 20.8 Å². The number of rotatable bonds is 6. The summed E-state index contributed by atoms with van der Waals surface area (Å²) < 4.78 is 6.13. The van der Waals surface area contributed by atoms with Crippen LogP contribution in [0.25, 0.3) is 0 Å². The van der Waals surface area contributed by atoms with Gasteiger partial charge in [0.15, 0.2) is 5.96 Å². The molecule has 2 N–H and O–H groups in total. The third-order valence-corrected chi connectivity index (χ3v) is 3.57. The molecule has 1 heterocycles. The molecule has 1 aromatic heterocycles. The number of nitrogens with zero attached hydrogens (tertiary/aromatic N) is 1. The molecule has 0 aliphatic carbocycles. The van der Waals surface area contributed by atoms with Gasteiger partial charge in [-0.25, -0.2) is 4.99 Å². The van der Waals surface area contributed by atoms with Gasteiger partial charge in [0.1, 0.15) is 0 Å². The summed E-state index contributed by atoms with van der Waals surface area (Å²) in [4.78, 5) is 5.73. The van der Waals surface area contributed by atoms with Crippen LogP contribution in [0.15, 0.2) is 20.9 Å². The van der Waals surface area contributed by atoms with E-state index in [-0.39, 0.29) is 24.0 Å². The predicted octanol–water partition coefficient (Wildman–Crippen LogP) is 2.83. The van der Waals surface area contributed by atoms with Gasteiger partial charge in [0.05, 0.1) is 16.9 Å². The Labute approximate surface area is 138 Å². The number of hydrogen-bond donors (Lipinski definition) is 2. The molecule has 0 fully saturated rings. The van der Waals surface area contributed by atoms with Gasteiger partial charge in [-0.05, 0) is 35.0 Å². The lowest BCUT2D eigenvalue weighted by Crippen LogP contribution is -2.38. The standard InChI is InChI=1S/C11H18BrN3OS.HI/c1-3-13-11(14-6-7-16-2)15-8-9-4-5-10(12)17-9;/h4-5H,3,6-8H2,1-2H3,(H2,13,14,15);1H. The maximum absolute atomic E-state index is 4.99. The van der Waals surface area contributed by atoms with E-state index in [1.54, 1.807) is 18.4 Å². The summed E-state index contributed by atoms with van der Waals surface area (Å²) in [5.41, 5.74) is 0. The minimum atomic E-state index is 0. The van der Waals surface area contributed by atoms with Gasteiger partial charge in [0, 0.05) is 25.1 Å². The first kappa shape index (κ1) is 18.1. The molecule has 0 saturated carbocycles. The van der Waals surface area contributed by atoms with E-state index >= 15 is 0 Å². The molecule has 0 atom stereocenters. The molecule has 7 heteroatoms. The number of halogens is 2. The van der Waals surface area contributed by atoms with E-state index in [1.807, 2.05) is 6.07 Å². The fourth-order valence-corrected chi connectivity index (χ4v) is 2.61. The highest BCUT2D eigenvalue weighted by Crippen LogP contribution is 2.22. The molecule has 18 heavy (non-hydrogen) atoms. The van der Waals surface area contributed by atoms with E-state index in [9.17, 15) is 0 Å². The molecule has 0 bridgehead atoms. The van der Waals surface area contributed by atoms with Crippen LogP contribution in [0.2, 0.25) is 0 Å². The van der Waals surface area contributed by atoms with Crippen LogP contribution in [-0.2, 0) is 11.3 Å². The molecular weight excluding hydrogens is 429 g/mol. The van der Waals surface area contributed by atoms with E-state index in [1.165, 1.54) is 4.88 Å². The number of ether oxygens (including phenoxy) is 1. The molecule has 104 valence electrons. The van der Waals surface area contributed by atoms with Crippen molar-refractivity contribution in [3.63, 3.8) is 0 Å². The quantitative estimate of drug-likeness (QED) is 0.305. The summed E-state index contributed by atoms with van der Waals surface area (Å²) in [6, 6.07) is 4.12. The van der Waals surface area contributed by atoms with Gasteiger partial charge < -0.3 is 15.4 Å². The van der Waals surface area contributed by atoms with E-state index in [0.29, 0.717) is 13.2 Å². The Kier molecular flexibility index (Phi) is 11.1. The molecule has 0 aliphatic heterocycles. The zero-order chi connectivity index (χ0) is 12.5. The highest BCUT2D eigenvalue weighted by molar-refractivity contribution is 14.0. The summed E-state index contributed by atoms with van der Waals surface area (Å²) in [6.45, 7) is 5.03. The number of aliphatic imine (C=N–C) groups is 1. The lowest BCUT2D eigenvalue weighted by Gasteiger charge is -2.10. The summed E-state index contributed by atoms with van der Waals surface area (Å²) in [6.07, 6.45) is 0. The minimum Gasteiger partial charge on any atom is -0.383 e. The first-order valence-electron chi connectivity index (χ1n) is 5.51. The van der Waals surface area contributed by atoms with E-state index < -0.39 is 0 Å². The highest BCUT2D eigenvalue weighted by atomic mass is 127. The van der Waals surface area contributed by atoms with Crippen molar-refractivity contribution in [2.24, 2.45) is 4.99 Å². The van der Waals surface area contributed by atoms with Crippen molar-refractivity contribution in [3.8, 4) is 0 Å². The molecule has 1 aromatic rings. The first-order valence-corrected chi connectivity index (χ1v) is 7.12. The minimum absolute atomic E-state index is 0.